The average molecular weight is 300 g/mol. The number of nitrogens with one attached hydrogen (secondary N) is 1. The lowest BCUT2D eigenvalue weighted by molar-refractivity contribution is -0.137. The number of carboxylic acid groups (broad SMARTS) is 1. The molecule has 0 saturated heterocycles. The van der Waals surface area contributed by atoms with Crippen LogP contribution in [0.15, 0.2) is 0 Å². The van der Waals surface area contributed by atoms with E-state index in [2.05, 4.69) is 10.3 Å². The van der Waals surface area contributed by atoms with Gasteiger partial charge in [-0.3, -0.25) is 4.79 Å². The number of aromatic nitrogens is 1. The third kappa shape index (κ3) is 5.16. The summed E-state index contributed by atoms with van der Waals surface area (Å²) >= 11 is 1.38. The van der Waals surface area contributed by atoms with Gasteiger partial charge in [-0.15, -0.1) is 11.3 Å². The minimum atomic E-state index is -1.00. The Morgan fingerprint density at radius 2 is 2.00 bits per heavy atom. The fraction of sp³-hybridized carbons (Fsp3) is 0.615. The average Bonchev–Trinajstić information content (AvgIpc) is 2.54. The largest absolute Gasteiger partial charge is 0.481 e. The van der Waals surface area contributed by atoms with Crippen LogP contribution in [0.3, 0.4) is 0 Å². The molecular weight excluding hydrogens is 280 g/mol. The van der Waals surface area contributed by atoms with Crippen LogP contribution in [-0.2, 0) is 9.53 Å². The third-order valence-corrected chi connectivity index (χ3v) is 3.60. The second-order valence-electron chi connectivity index (χ2n) is 5.49. The van der Waals surface area contributed by atoms with E-state index in [1.54, 1.807) is 20.8 Å². The molecule has 0 spiro atoms. The van der Waals surface area contributed by atoms with Gasteiger partial charge >= 0.3 is 12.1 Å². The number of hydrogen-bond donors (Lipinski definition) is 2. The summed E-state index contributed by atoms with van der Waals surface area (Å²) in [4.78, 5) is 28.0. The van der Waals surface area contributed by atoms with Crippen molar-refractivity contribution in [2.75, 3.05) is 0 Å². The predicted molar refractivity (Wildman–Crippen MR) is 76.0 cm³/mol. The molecule has 112 valence electrons. The zero-order chi connectivity index (χ0) is 15.5. The highest BCUT2D eigenvalue weighted by atomic mass is 32.1. The smallest absolute Gasteiger partial charge is 0.408 e. The molecule has 0 aliphatic rings. The Labute approximate surface area is 122 Å². The van der Waals surface area contributed by atoms with Crippen molar-refractivity contribution in [2.45, 2.75) is 52.7 Å². The number of aryl methyl sites for hydroxylation is 2. The van der Waals surface area contributed by atoms with Gasteiger partial charge in [-0.05, 0) is 34.6 Å². The predicted octanol–water partition coefficient (Wildman–Crippen LogP) is 2.80. The Morgan fingerprint density at radius 1 is 1.40 bits per heavy atom. The molecule has 0 aliphatic heterocycles. The molecule has 7 heteroatoms. The highest BCUT2D eigenvalue weighted by Crippen LogP contribution is 2.25. The van der Waals surface area contributed by atoms with Crippen molar-refractivity contribution in [1.29, 1.82) is 0 Å². The number of carboxylic acids is 1. The molecule has 1 unspecified atom stereocenters. The number of aliphatic carboxylic acids is 1. The Hall–Kier alpha value is -1.63. The van der Waals surface area contributed by atoms with Gasteiger partial charge in [0, 0.05) is 4.88 Å². The molecule has 0 radical (unpaired) electrons. The summed E-state index contributed by atoms with van der Waals surface area (Å²) < 4.78 is 5.14. The van der Waals surface area contributed by atoms with Gasteiger partial charge in [0.1, 0.15) is 10.6 Å². The summed E-state index contributed by atoms with van der Waals surface area (Å²) in [5.74, 6) is -1.00. The second kappa shape index (κ2) is 6.21. The molecule has 1 aromatic rings. The van der Waals surface area contributed by atoms with E-state index in [1.807, 2.05) is 13.8 Å². The van der Waals surface area contributed by atoms with E-state index < -0.39 is 23.7 Å². The molecule has 1 heterocycles. The van der Waals surface area contributed by atoms with Crippen LogP contribution in [0.1, 0.15) is 48.8 Å². The zero-order valence-electron chi connectivity index (χ0n) is 12.3. The van der Waals surface area contributed by atoms with Crippen LogP contribution in [0.25, 0.3) is 0 Å². The van der Waals surface area contributed by atoms with Crippen molar-refractivity contribution in [3.8, 4) is 0 Å². The number of rotatable bonds is 4. The maximum atomic E-state index is 11.8. The Kier molecular flexibility index (Phi) is 5.10. The minimum Gasteiger partial charge on any atom is -0.481 e. The molecule has 6 nitrogen and oxygen atoms in total. The zero-order valence-corrected chi connectivity index (χ0v) is 13.1. The summed E-state index contributed by atoms with van der Waals surface area (Å²) in [6.45, 7) is 8.99. The molecule has 1 atom stereocenters. The van der Waals surface area contributed by atoms with E-state index in [9.17, 15) is 9.59 Å². The number of thiazole rings is 1. The molecule has 1 amide bonds. The highest BCUT2D eigenvalue weighted by molar-refractivity contribution is 7.11. The maximum Gasteiger partial charge on any atom is 0.408 e. The Balaban J connectivity index is 2.85. The lowest BCUT2D eigenvalue weighted by atomic mass is 10.2. The van der Waals surface area contributed by atoms with Gasteiger partial charge in [-0.1, -0.05) is 0 Å². The molecule has 0 saturated carbocycles. The van der Waals surface area contributed by atoms with Crippen LogP contribution in [-0.4, -0.2) is 27.8 Å². The van der Waals surface area contributed by atoms with Gasteiger partial charge in [0.2, 0.25) is 0 Å². The van der Waals surface area contributed by atoms with Gasteiger partial charge in [-0.2, -0.15) is 0 Å². The van der Waals surface area contributed by atoms with E-state index in [4.69, 9.17) is 9.84 Å². The Bertz CT molecular complexity index is 485. The van der Waals surface area contributed by atoms with Crippen LogP contribution >= 0.6 is 11.3 Å². The number of alkyl carbamates (subject to hydrolysis) is 1. The van der Waals surface area contributed by atoms with E-state index in [-0.39, 0.29) is 6.42 Å². The van der Waals surface area contributed by atoms with Crippen molar-refractivity contribution < 1.29 is 19.4 Å². The van der Waals surface area contributed by atoms with E-state index in [0.717, 1.165) is 10.6 Å². The number of hydrogen-bond acceptors (Lipinski definition) is 5. The van der Waals surface area contributed by atoms with Gasteiger partial charge in [0.15, 0.2) is 0 Å². The van der Waals surface area contributed by atoms with Gasteiger partial charge < -0.3 is 15.2 Å². The maximum absolute atomic E-state index is 11.8. The summed E-state index contributed by atoms with van der Waals surface area (Å²) in [5, 5.41) is 12.1. The van der Waals surface area contributed by atoms with E-state index in [0.29, 0.717) is 5.01 Å². The van der Waals surface area contributed by atoms with E-state index in [1.165, 1.54) is 11.3 Å². The van der Waals surface area contributed by atoms with Gasteiger partial charge in [0.25, 0.3) is 0 Å². The number of ether oxygens (including phenoxy) is 1. The molecule has 1 aromatic heterocycles. The lowest BCUT2D eigenvalue weighted by Crippen LogP contribution is -2.35. The summed E-state index contributed by atoms with van der Waals surface area (Å²) in [6, 6.07) is -0.681. The molecule has 0 aromatic carbocycles. The minimum absolute atomic E-state index is 0.231. The molecule has 0 bridgehead atoms. The fourth-order valence-electron chi connectivity index (χ4n) is 1.47. The summed E-state index contributed by atoms with van der Waals surface area (Å²) in [6.07, 6.45) is -0.875. The van der Waals surface area contributed by atoms with Gasteiger partial charge in [0.05, 0.1) is 18.2 Å². The number of carbonyl (C=O) groups is 2. The number of amides is 1. The molecule has 0 aliphatic carbocycles. The molecule has 1 rings (SSSR count). The third-order valence-electron chi connectivity index (χ3n) is 2.41. The fourth-order valence-corrected chi connectivity index (χ4v) is 2.45. The van der Waals surface area contributed by atoms with Crippen molar-refractivity contribution >= 4 is 23.4 Å². The quantitative estimate of drug-likeness (QED) is 0.892. The number of nitrogens with zero attached hydrogens (tertiary/aromatic N) is 1. The van der Waals surface area contributed by atoms with Crippen LogP contribution in [0.5, 0.6) is 0 Å². The van der Waals surface area contributed by atoms with Gasteiger partial charge in [-0.25, -0.2) is 9.78 Å². The first-order chi connectivity index (χ1) is 9.08. The van der Waals surface area contributed by atoms with E-state index >= 15 is 0 Å². The molecule has 20 heavy (non-hydrogen) atoms. The van der Waals surface area contributed by atoms with Crippen molar-refractivity contribution in [2.24, 2.45) is 0 Å². The number of carbonyl (C=O) groups excluding carboxylic acids is 1. The SMILES string of the molecule is Cc1nc(C(CC(=O)O)NC(=O)OC(C)(C)C)sc1C. The monoisotopic (exact) mass is 300 g/mol. The van der Waals surface area contributed by atoms with Crippen molar-refractivity contribution in [3.63, 3.8) is 0 Å². The van der Waals surface area contributed by atoms with Crippen LogP contribution < -0.4 is 5.32 Å². The summed E-state index contributed by atoms with van der Waals surface area (Å²) in [5.41, 5.74) is 0.207. The normalized spacial score (nSPS) is 12.8. The van der Waals surface area contributed by atoms with Crippen molar-refractivity contribution in [3.05, 3.63) is 15.6 Å². The summed E-state index contributed by atoms with van der Waals surface area (Å²) in [7, 11) is 0. The molecule has 2 N–H and O–H groups in total. The molecular formula is C13H20N2O4S. The van der Waals surface area contributed by atoms with Crippen LogP contribution in [0, 0.1) is 13.8 Å². The topological polar surface area (TPSA) is 88.5 Å². The second-order valence-corrected chi connectivity index (χ2v) is 6.73. The first kappa shape index (κ1) is 16.4. The first-order valence-electron chi connectivity index (χ1n) is 6.23. The van der Waals surface area contributed by atoms with Crippen LogP contribution in [0.4, 0.5) is 4.79 Å². The lowest BCUT2D eigenvalue weighted by Gasteiger charge is -2.22. The molecule has 0 fully saturated rings. The van der Waals surface area contributed by atoms with Crippen LogP contribution in [0.2, 0.25) is 0 Å². The highest BCUT2D eigenvalue weighted by Gasteiger charge is 2.24. The first-order valence-corrected chi connectivity index (χ1v) is 7.05. The van der Waals surface area contributed by atoms with Crippen molar-refractivity contribution in [1.82, 2.24) is 10.3 Å². The Morgan fingerprint density at radius 3 is 2.40 bits per heavy atom. The standard InChI is InChI=1S/C13H20N2O4S/c1-7-8(2)20-11(14-7)9(6-10(16)17)15-12(18)19-13(3,4)5/h9H,6H2,1-5H3,(H,15,18)(H,16,17).